The van der Waals surface area contributed by atoms with Crippen molar-refractivity contribution in [2.75, 3.05) is 13.2 Å². The second-order valence-corrected chi connectivity index (χ2v) is 9.85. The van der Waals surface area contributed by atoms with Gasteiger partial charge >= 0.3 is 13.7 Å². The van der Waals surface area contributed by atoms with Crippen molar-refractivity contribution in [1.29, 1.82) is 0 Å². The molecule has 0 aromatic heterocycles. The molecule has 0 saturated heterocycles. The van der Waals surface area contributed by atoms with Crippen molar-refractivity contribution in [3.8, 4) is 5.75 Å². The Morgan fingerprint density at radius 3 is 2.34 bits per heavy atom. The molecule has 1 aromatic rings. The van der Waals surface area contributed by atoms with Crippen LogP contribution in [0.3, 0.4) is 0 Å². The smallest absolute Gasteiger partial charge is 0.459 e. The average molecular weight is 471 g/mol. The minimum Gasteiger partial charge on any atom is -0.466 e. The summed E-state index contributed by atoms with van der Waals surface area (Å²) in [6.07, 6.45) is -1.10. The van der Waals surface area contributed by atoms with Gasteiger partial charge in [-0.15, -0.1) is 0 Å². The SMILES string of the molecule is CCOC(=O)CCCC(=O)[C@H](O)C(C)(C)COP(=O)(N[C@@H](C)C(C)=O)Oc1ccccc1. The van der Waals surface area contributed by atoms with E-state index in [0.29, 0.717) is 0 Å². The van der Waals surface area contributed by atoms with Crippen molar-refractivity contribution in [2.45, 2.75) is 66.0 Å². The second-order valence-electron chi connectivity index (χ2n) is 8.15. The summed E-state index contributed by atoms with van der Waals surface area (Å²) in [4.78, 5) is 35.4. The zero-order chi connectivity index (χ0) is 24.4. The molecule has 0 aliphatic rings. The Labute approximate surface area is 189 Å². The van der Waals surface area contributed by atoms with Gasteiger partial charge in [-0.3, -0.25) is 18.9 Å². The number of carbonyl (C=O) groups is 3. The fourth-order valence-corrected chi connectivity index (χ4v) is 4.32. The van der Waals surface area contributed by atoms with Gasteiger partial charge in [-0.25, -0.2) is 9.65 Å². The molecule has 32 heavy (non-hydrogen) atoms. The first-order valence-corrected chi connectivity index (χ1v) is 12.1. The molecule has 0 amide bonds. The van der Waals surface area contributed by atoms with Crippen LogP contribution in [0.15, 0.2) is 30.3 Å². The summed E-state index contributed by atoms with van der Waals surface area (Å²) < 4.78 is 29.2. The van der Waals surface area contributed by atoms with E-state index in [9.17, 15) is 24.1 Å². The topological polar surface area (TPSA) is 128 Å². The average Bonchev–Trinajstić information content (AvgIpc) is 2.72. The van der Waals surface area contributed by atoms with Gasteiger partial charge in [0.25, 0.3) is 0 Å². The maximum atomic E-state index is 13.3. The third-order valence-corrected chi connectivity index (χ3v) is 6.32. The molecule has 0 aliphatic heterocycles. The fraction of sp³-hybridized carbons (Fsp3) is 0.591. The summed E-state index contributed by atoms with van der Waals surface area (Å²) in [6, 6.07) is 7.51. The number of Topliss-reactive ketones (excluding diaryl/α,β-unsaturated/α-hetero) is 2. The van der Waals surface area contributed by atoms with E-state index in [4.69, 9.17) is 13.8 Å². The lowest BCUT2D eigenvalue weighted by molar-refractivity contribution is -0.143. The number of para-hydroxylation sites is 1. The first-order valence-electron chi connectivity index (χ1n) is 10.5. The lowest BCUT2D eigenvalue weighted by Crippen LogP contribution is -2.41. The predicted octanol–water partition coefficient (Wildman–Crippen LogP) is 3.45. The Hall–Kier alpha value is -2.06. The van der Waals surface area contributed by atoms with Gasteiger partial charge in [-0.05, 0) is 39.3 Å². The maximum absolute atomic E-state index is 13.3. The molecule has 1 rings (SSSR count). The first-order chi connectivity index (χ1) is 14.9. The Morgan fingerprint density at radius 1 is 1.16 bits per heavy atom. The molecule has 9 nitrogen and oxygen atoms in total. The number of benzene rings is 1. The van der Waals surface area contributed by atoms with Crippen molar-refractivity contribution in [2.24, 2.45) is 5.41 Å². The van der Waals surface area contributed by atoms with Crippen LogP contribution in [0.1, 0.15) is 53.9 Å². The summed E-state index contributed by atoms with van der Waals surface area (Å²) in [7, 11) is -4.01. The van der Waals surface area contributed by atoms with Crippen molar-refractivity contribution in [3.05, 3.63) is 30.3 Å². The van der Waals surface area contributed by atoms with Gasteiger partial charge in [-0.2, -0.15) is 0 Å². The van der Waals surface area contributed by atoms with E-state index in [1.165, 1.54) is 13.8 Å². The minimum atomic E-state index is -4.01. The van der Waals surface area contributed by atoms with Gasteiger partial charge in [0, 0.05) is 18.3 Å². The minimum absolute atomic E-state index is 0.0127. The lowest BCUT2D eigenvalue weighted by Gasteiger charge is -2.31. The van der Waals surface area contributed by atoms with Crippen LogP contribution in [0.25, 0.3) is 0 Å². The van der Waals surface area contributed by atoms with Crippen LogP contribution in [0.4, 0.5) is 0 Å². The summed E-state index contributed by atoms with van der Waals surface area (Å²) in [5.74, 6) is -0.858. The molecule has 180 valence electrons. The van der Waals surface area contributed by atoms with Crippen molar-refractivity contribution in [1.82, 2.24) is 5.09 Å². The molecule has 0 heterocycles. The molecule has 0 aliphatic carbocycles. The largest absolute Gasteiger partial charge is 0.466 e. The molecule has 1 aromatic carbocycles. The molecule has 0 spiro atoms. The Bertz CT molecular complexity index is 811. The van der Waals surface area contributed by atoms with Crippen LogP contribution in [-0.4, -0.2) is 48.0 Å². The molecule has 1 unspecified atom stereocenters. The number of nitrogens with one attached hydrogen (secondary N) is 1. The number of carbonyl (C=O) groups excluding carboxylic acids is 3. The molecule has 0 radical (unpaired) electrons. The van der Waals surface area contributed by atoms with Gasteiger partial charge < -0.3 is 14.4 Å². The summed E-state index contributed by atoms with van der Waals surface area (Å²) >= 11 is 0. The number of ether oxygens (including phenoxy) is 1. The van der Waals surface area contributed by atoms with Crippen LogP contribution in [-0.2, 0) is 28.2 Å². The number of hydrogen-bond donors (Lipinski definition) is 2. The van der Waals surface area contributed by atoms with Crippen molar-refractivity contribution >= 4 is 25.3 Å². The zero-order valence-corrected chi connectivity index (χ0v) is 20.2. The molecular weight excluding hydrogens is 437 g/mol. The molecular formula is C22H34NO8P. The van der Waals surface area contributed by atoms with E-state index in [2.05, 4.69) is 5.09 Å². The normalized spacial score (nSPS) is 15.3. The van der Waals surface area contributed by atoms with Crippen LogP contribution < -0.4 is 9.61 Å². The van der Waals surface area contributed by atoms with Crippen LogP contribution >= 0.6 is 7.75 Å². The van der Waals surface area contributed by atoms with E-state index in [0.717, 1.165) is 0 Å². The molecule has 0 bridgehead atoms. The highest BCUT2D eigenvalue weighted by Crippen LogP contribution is 2.46. The number of ketones is 2. The number of aliphatic hydroxyl groups is 1. The maximum Gasteiger partial charge on any atom is 0.459 e. The summed E-state index contributed by atoms with van der Waals surface area (Å²) in [5.41, 5.74) is -1.11. The van der Waals surface area contributed by atoms with E-state index in [1.807, 2.05) is 0 Å². The molecule has 2 N–H and O–H groups in total. The molecule has 0 saturated carbocycles. The Balaban J connectivity index is 2.80. The predicted molar refractivity (Wildman–Crippen MR) is 119 cm³/mol. The zero-order valence-electron chi connectivity index (χ0n) is 19.3. The van der Waals surface area contributed by atoms with Gasteiger partial charge in [0.2, 0.25) is 0 Å². The third-order valence-electron chi connectivity index (χ3n) is 4.69. The first kappa shape index (κ1) is 28.0. The van der Waals surface area contributed by atoms with Gasteiger partial charge in [0.15, 0.2) is 5.78 Å². The number of hydrogen-bond acceptors (Lipinski definition) is 8. The number of rotatable bonds is 15. The fourth-order valence-electron chi connectivity index (χ4n) is 2.58. The van der Waals surface area contributed by atoms with E-state index < -0.39 is 37.1 Å². The summed E-state index contributed by atoms with van der Waals surface area (Å²) in [5, 5.41) is 13.1. The van der Waals surface area contributed by atoms with E-state index in [-0.39, 0.29) is 44.0 Å². The van der Waals surface area contributed by atoms with Gasteiger partial charge in [0.1, 0.15) is 17.6 Å². The van der Waals surface area contributed by atoms with E-state index >= 15 is 0 Å². The second kappa shape index (κ2) is 12.8. The number of aliphatic hydroxyl groups excluding tert-OH is 1. The highest BCUT2D eigenvalue weighted by Gasteiger charge is 2.38. The van der Waals surface area contributed by atoms with Gasteiger partial charge in [0.05, 0.1) is 19.3 Å². The Kier molecular flexibility index (Phi) is 11.2. The van der Waals surface area contributed by atoms with Crippen LogP contribution in [0.2, 0.25) is 0 Å². The Morgan fingerprint density at radius 2 is 1.78 bits per heavy atom. The highest BCUT2D eigenvalue weighted by atomic mass is 31.2. The number of esters is 1. The van der Waals surface area contributed by atoms with Gasteiger partial charge in [-0.1, -0.05) is 32.0 Å². The molecule has 0 fully saturated rings. The standard InChI is InChI=1S/C22H34NO8P/c1-6-29-20(26)14-10-13-19(25)21(27)22(4,5)15-30-32(28,23-16(2)17(3)24)31-18-11-8-7-9-12-18/h7-9,11-12,16,21,27H,6,10,13-15H2,1-5H3,(H,23,28)/t16-,21-,32?/m0/s1. The van der Waals surface area contributed by atoms with Crippen molar-refractivity contribution < 1.29 is 37.8 Å². The highest BCUT2D eigenvalue weighted by molar-refractivity contribution is 7.52. The summed E-state index contributed by atoms with van der Waals surface area (Å²) in [6.45, 7) is 7.71. The monoisotopic (exact) mass is 471 g/mol. The lowest BCUT2D eigenvalue weighted by atomic mass is 9.84. The molecule has 3 atom stereocenters. The third kappa shape index (κ3) is 9.61. The van der Waals surface area contributed by atoms with Crippen LogP contribution in [0, 0.1) is 5.41 Å². The molecule has 10 heteroatoms. The van der Waals surface area contributed by atoms with Crippen LogP contribution in [0.5, 0.6) is 5.75 Å². The van der Waals surface area contributed by atoms with E-state index in [1.54, 1.807) is 51.1 Å². The quantitative estimate of drug-likeness (QED) is 0.292. The van der Waals surface area contributed by atoms with Crippen molar-refractivity contribution in [3.63, 3.8) is 0 Å².